The molecule has 1 spiro atoms. The summed E-state index contributed by atoms with van der Waals surface area (Å²) < 4.78 is 6.50. The Hall–Kier alpha value is -4.27. The van der Waals surface area contributed by atoms with Crippen LogP contribution < -0.4 is 15.5 Å². The van der Waals surface area contributed by atoms with Crippen molar-refractivity contribution in [3.05, 3.63) is 102 Å². The van der Waals surface area contributed by atoms with Gasteiger partial charge in [0.25, 0.3) is 5.91 Å². The molecule has 1 fully saturated rings. The number of hydrogen-bond donors (Lipinski definition) is 3. The number of benzene rings is 3. The second-order valence-electron chi connectivity index (χ2n) is 10.0. The summed E-state index contributed by atoms with van der Waals surface area (Å²) in [5.41, 5.74) is 3.79. The number of hydrogen-bond acceptors (Lipinski definition) is 6. The molecule has 5 rings (SSSR count). The number of amides is 2. The molecule has 1 saturated heterocycles. The lowest BCUT2D eigenvalue weighted by Gasteiger charge is -2.47. The first-order valence-electron chi connectivity index (χ1n) is 13.1. The largest absolute Gasteiger partial charge is 0.486 e. The fourth-order valence-electron chi connectivity index (χ4n) is 5.36. The molecule has 0 aliphatic carbocycles. The standard InChI is InChI=1S/C31H31N3O5/c35-27-21-31(39-28-13-11-23(19-25(27)28)12-14-29(36)33-38)16-18-34(17-15-22-7-3-1-4-8-22)26(20-31)30(37)32-24-9-5-2-6-10-24/h1-14,19,26,38H,15-18,20-21H2,(H,32,37)(H,33,36). The molecular weight excluding hydrogens is 494 g/mol. The highest BCUT2D eigenvalue weighted by molar-refractivity contribution is 6.01. The van der Waals surface area contributed by atoms with E-state index in [4.69, 9.17) is 9.94 Å². The van der Waals surface area contributed by atoms with Crippen LogP contribution in [0.15, 0.2) is 84.9 Å². The number of nitrogens with one attached hydrogen (secondary N) is 2. The van der Waals surface area contributed by atoms with E-state index in [1.54, 1.807) is 23.7 Å². The number of ketones is 1. The molecule has 2 aliphatic heterocycles. The molecule has 0 radical (unpaired) electrons. The average molecular weight is 526 g/mol. The molecule has 8 nitrogen and oxygen atoms in total. The average Bonchev–Trinajstić information content (AvgIpc) is 2.96. The lowest BCUT2D eigenvalue weighted by atomic mass is 9.78. The zero-order valence-corrected chi connectivity index (χ0v) is 21.5. The number of carbonyl (C=O) groups is 3. The fraction of sp³-hybridized carbons (Fsp3) is 0.258. The minimum atomic E-state index is -0.778. The summed E-state index contributed by atoms with van der Waals surface area (Å²) in [5.74, 6) is -0.348. The van der Waals surface area contributed by atoms with Gasteiger partial charge in [0, 0.05) is 37.7 Å². The van der Waals surface area contributed by atoms with E-state index in [0.29, 0.717) is 42.8 Å². The van der Waals surface area contributed by atoms with Gasteiger partial charge in [0.2, 0.25) is 5.91 Å². The van der Waals surface area contributed by atoms with Gasteiger partial charge in [-0.2, -0.15) is 0 Å². The molecule has 0 aromatic heterocycles. The SMILES string of the molecule is O=C(C=Cc1ccc2c(c1)C(=O)CC1(CCN(CCc3ccccc3)C(C(=O)Nc3ccccc3)C1)O2)NO. The molecular formula is C31H31N3O5. The molecule has 2 unspecified atom stereocenters. The predicted octanol–water partition coefficient (Wildman–Crippen LogP) is 4.26. The lowest BCUT2D eigenvalue weighted by molar-refractivity contribution is -0.127. The molecule has 200 valence electrons. The van der Waals surface area contributed by atoms with E-state index < -0.39 is 17.6 Å². The van der Waals surface area contributed by atoms with Crippen molar-refractivity contribution in [2.45, 2.75) is 37.3 Å². The van der Waals surface area contributed by atoms with Gasteiger partial charge in [-0.05, 0) is 47.9 Å². The molecule has 2 heterocycles. The summed E-state index contributed by atoms with van der Waals surface area (Å²) in [6.07, 6.45) is 4.70. The van der Waals surface area contributed by atoms with Crippen molar-refractivity contribution in [2.24, 2.45) is 0 Å². The van der Waals surface area contributed by atoms with E-state index in [0.717, 1.165) is 12.1 Å². The molecule has 3 aromatic rings. The van der Waals surface area contributed by atoms with Crippen LogP contribution in [-0.2, 0) is 16.0 Å². The third kappa shape index (κ3) is 6.25. The first kappa shape index (κ1) is 26.3. The molecule has 2 aliphatic rings. The van der Waals surface area contributed by atoms with Crippen molar-refractivity contribution in [3.8, 4) is 5.75 Å². The molecule has 3 N–H and O–H groups in total. The third-order valence-corrected chi connectivity index (χ3v) is 7.39. The van der Waals surface area contributed by atoms with Crippen molar-refractivity contribution in [3.63, 3.8) is 0 Å². The molecule has 8 heteroatoms. The normalized spacial score (nSPS) is 20.8. The van der Waals surface area contributed by atoms with Gasteiger partial charge < -0.3 is 10.1 Å². The van der Waals surface area contributed by atoms with Gasteiger partial charge in [0.05, 0.1) is 18.0 Å². The van der Waals surface area contributed by atoms with E-state index in [2.05, 4.69) is 22.3 Å². The van der Waals surface area contributed by atoms with Crippen LogP contribution in [0.4, 0.5) is 5.69 Å². The van der Waals surface area contributed by atoms with E-state index in [-0.39, 0.29) is 18.1 Å². The highest BCUT2D eigenvalue weighted by atomic mass is 16.5. The van der Waals surface area contributed by atoms with Gasteiger partial charge in [-0.15, -0.1) is 0 Å². The van der Waals surface area contributed by atoms with Gasteiger partial charge in [0.15, 0.2) is 5.78 Å². The second kappa shape index (κ2) is 11.6. The summed E-state index contributed by atoms with van der Waals surface area (Å²) in [5, 5.41) is 11.7. The van der Waals surface area contributed by atoms with Gasteiger partial charge >= 0.3 is 0 Å². The van der Waals surface area contributed by atoms with Gasteiger partial charge in [-0.3, -0.25) is 24.5 Å². The monoisotopic (exact) mass is 525 g/mol. The summed E-state index contributed by atoms with van der Waals surface area (Å²) in [6.45, 7) is 1.34. The van der Waals surface area contributed by atoms with Crippen LogP contribution in [-0.4, -0.2) is 52.4 Å². The van der Waals surface area contributed by atoms with Crippen LogP contribution in [0.1, 0.15) is 40.7 Å². The van der Waals surface area contributed by atoms with Crippen LogP contribution in [0.2, 0.25) is 0 Å². The lowest BCUT2D eigenvalue weighted by Crippen LogP contribution is -2.59. The Kier molecular flexibility index (Phi) is 7.86. The van der Waals surface area contributed by atoms with Gasteiger partial charge in [-0.25, -0.2) is 5.48 Å². The zero-order valence-electron chi connectivity index (χ0n) is 21.5. The topological polar surface area (TPSA) is 108 Å². The maximum atomic E-state index is 13.6. The number of fused-ring (bicyclic) bond motifs is 1. The van der Waals surface area contributed by atoms with Crippen LogP contribution >= 0.6 is 0 Å². The molecule has 3 aromatic carbocycles. The number of carbonyl (C=O) groups excluding carboxylic acids is 3. The van der Waals surface area contributed by atoms with Crippen molar-refractivity contribution in [1.82, 2.24) is 10.4 Å². The van der Waals surface area contributed by atoms with Crippen molar-refractivity contribution < 1.29 is 24.3 Å². The Labute approximate surface area is 227 Å². The number of anilines is 1. The first-order chi connectivity index (χ1) is 18.9. The Bertz CT molecular complexity index is 1380. The number of likely N-dealkylation sites (tertiary alicyclic amines) is 1. The maximum Gasteiger partial charge on any atom is 0.267 e. The third-order valence-electron chi connectivity index (χ3n) is 7.39. The van der Waals surface area contributed by atoms with Crippen LogP contribution in [0.5, 0.6) is 5.75 Å². The summed E-state index contributed by atoms with van der Waals surface area (Å²) in [4.78, 5) is 40.4. The van der Waals surface area contributed by atoms with E-state index in [1.165, 1.54) is 17.7 Å². The van der Waals surface area contributed by atoms with E-state index in [9.17, 15) is 14.4 Å². The molecule has 2 amide bonds. The zero-order chi connectivity index (χ0) is 27.2. The number of hydroxylamine groups is 1. The van der Waals surface area contributed by atoms with Crippen molar-refractivity contribution >= 4 is 29.4 Å². The molecule has 39 heavy (non-hydrogen) atoms. The number of para-hydroxylation sites is 1. The van der Waals surface area contributed by atoms with Crippen LogP contribution in [0.3, 0.4) is 0 Å². The summed E-state index contributed by atoms with van der Waals surface area (Å²) >= 11 is 0. The number of ether oxygens (including phenoxy) is 1. The van der Waals surface area contributed by atoms with Gasteiger partial charge in [0.1, 0.15) is 11.4 Å². The molecule has 0 saturated carbocycles. The minimum absolute atomic E-state index is 0.0573. The van der Waals surface area contributed by atoms with Gasteiger partial charge in [-0.1, -0.05) is 54.6 Å². The Balaban J connectivity index is 1.36. The highest BCUT2D eigenvalue weighted by Gasteiger charge is 2.48. The first-order valence-corrected chi connectivity index (χ1v) is 13.1. The van der Waals surface area contributed by atoms with E-state index >= 15 is 0 Å². The summed E-state index contributed by atoms with van der Waals surface area (Å²) in [7, 11) is 0. The quantitative estimate of drug-likeness (QED) is 0.242. The number of rotatable bonds is 7. The smallest absolute Gasteiger partial charge is 0.267 e. The number of piperidine rings is 1. The molecule has 2 atom stereocenters. The van der Waals surface area contributed by atoms with Crippen molar-refractivity contribution in [1.29, 1.82) is 0 Å². The fourth-order valence-corrected chi connectivity index (χ4v) is 5.36. The summed E-state index contributed by atoms with van der Waals surface area (Å²) in [6, 6.07) is 24.3. The Morgan fingerprint density at radius 3 is 2.54 bits per heavy atom. The minimum Gasteiger partial charge on any atom is -0.486 e. The van der Waals surface area contributed by atoms with Crippen LogP contribution in [0, 0.1) is 0 Å². The molecule has 0 bridgehead atoms. The maximum absolute atomic E-state index is 13.6. The predicted molar refractivity (Wildman–Crippen MR) is 148 cm³/mol. The number of nitrogens with zero attached hydrogens (tertiary/aromatic N) is 1. The second-order valence-corrected chi connectivity index (χ2v) is 10.0. The Morgan fingerprint density at radius 1 is 1.05 bits per heavy atom. The van der Waals surface area contributed by atoms with Crippen molar-refractivity contribution in [2.75, 3.05) is 18.4 Å². The highest BCUT2D eigenvalue weighted by Crippen LogP contribution is 2.41. The Morgan fingerprint density at radius 2 is 1.79 bits per heavy atom. The number of Topliss-reactive ketones (excluding diaryl/α,β-unsaturated/α-hetero) is 1. The van der Waals surface area contributed by atoms with Crippen LogP contribution in [0.25, 0.3) is 6.08 Å². The van der Waals surface area contributed by atoms with E-state index in [1.807, 2.05) is 48.5 Å².